The first-order valence-electron chi connectivity index (χ1n) is 16.1. The highest BCUT2D eigenvalue weighted by Gasteiger charge is 2.38. The van der Waals surface area contributed by atoms with E-state index in [9.17, 15) is 14.4 Å². The van der Waals surface area contributed by atoms with Crippen LogP contribution in [0.5, 0.6) is 5.75 Å². The van der Waals surface area contributed by atoms with Crippen LogP contribution >= 0.6 is 0 Å². The summed E-state index contributed by atoms with van der Waals surface area (Å²) in [6, 6.07) is 4.36. The van der Waals surface area contributed by atoms with Gasteiger partial charge in [-0.05, 0) is 94.9 Å². The van der Waals surface area contributed by atoms with Crippen molar-refractivity contribution in [1.82, 2.24) is 20.4 Å². The molecular weight excluding hydrogens is 576 g/mol. The average molecular weight is 627 g/mol. The zero-order valence-corrected chi connectivity index (χ0v) is 27.8. The van der Waals surface area contributed by atoms with Crippen molar-refractivity contribution in [2.45, 2.75) is 104 Å². The fourth-order valence-corrected chi connectivity index (χ4v) is 6.10. The average Bonchev–Trinajstić information content (AvgIpc) is 3.66. The first-order valence-corrected chi connectivity index (χ1v) is 16.1. The Morgan fingerprint density at radius 2 is 1.82 bits per heavy atom. The van der Waals surface area contributed by atoms with E-state index in [-0.39, 0.29) is 5.92 Å². The fourth-order valence-electron chi connectivity index (χ4n) is 6.10. The molecule has 1 aromatic carbocycles. The van der Waals surface area contributed by atoms with Gasteiger partial charge in [-0.15, -0.1) is 0 Å². The van der Waals surface area contributed by atoms with Crippen molar-refractivity contribution in [2.75, 3.05) is 31.1 Å². The quantitative estimate of drug-likeness (QED) is 0.356. The van der Waals surface area contributed by atoms with Gasteiger partial charge in [0.25, 0.3) is 5.91 Å². The second-order valence-electron chi connectivity index (χ2n) is 13.7. The number of ether oxygens (including phenoxy) is 2. The minimum atomic E-state index is -1.04. The summed E-state index contributed by atoms with van der Waals surface area (Å²) < 4.78 is 17.1. The standard InChI is InChI=1S/C33H50N6O6/c1-20(2)29-36-31(45-37-29)38-16-12-23(13-17-38)21(3)14-18-43-24-10-11-25(22(4)19-24)27(35-32(42)44-33(5,6)7)30(41)39-15-8-9-26(39)28(34)40/h10-11,19-21,23,26-27H,8-9,12-18H2,1-7H3,(H2,34,40)(H,35,42)/t21-,26+,27?/m1/s1. The highest BCUT2D eigenvalue weighted by molar-refractivity contribution is 5.92. The molecule has 12 nitrogen and oxygen atoms in total. The first kappa shape index (κ1) is 34.1. The molecule has 248 valence electrons. The number of piperidine rings is 1. The minimum absolute atomic E-state index is 0.240. The molecule has 0 aliphatic carbocycles. The third kappa shape index (κ3) is 8.88. The summed E-state index contributed by atoms with van der Waals surface area (Å²) in [6.07, 6.45) is 3.48. The van der Waals surface area contributed by atoms with Crippen LogP contribution in [0, 0.1) is 18.8 Å². The molecule has 2 saturated heterocycles. The molecule has 1 unspecified atom stereocenters. The Kier molecular flexibility index (Phi) is 11.0. The van der Waals surface area contributed by atoms with E-state index in [1.54, 1.807) is 26.8 Å². The number of carbonyl (C=O) groups is 3. The number of hydrogen-bond acceptors (Lipinski definition) is 9. The van der Waals surface area contributed by atoms with E-state index >= 15 is 0 Å². The van der Waals surface area contributed by atoms with E-state index in [4.69, 9.17) is 19.7 Å². The molecule has 0 bridgehead atoms. The summed E-state index contributed by atoms with van der Waals surface area (Å²) in [4.78, 5) is 46.7. The van der Waals surface area contributed by atoms with Crippen LogP contribution in [0.3, 0.4) is 0 Å². The van der Waals surface area contributed by atoms with E-state index < -0.39 is 35.6 Å². The number of anilines is 1. The van der Waals surface area contributed by atoms with Gasteiger partial charge in [0.05, 0.1) is 6.61 Å². The van der Waals surface area contributed by atoms with Crippen LogP contribution in [0.25, 0.3) is 0 Å². The number of benzene rings is 1. The molecule has 1 aromatic heterocycles. The molecule has 3 atom stereocenters. The number of rotatable bonds is 11. The molecule has 0 saturated carbocycles. The Balaban J connectivity index is 1.35. The van der Waals surface area contributed by atoms with Crippen molar-refractivity contribution in [2.24, 2.45) is 17.6 Å². The summed E-state index contributed by atoms with van der Waals surface area (Å²) >= 11 is 0. The predicted molar refractivity (Wildman–Crippen MR) is 170 cm³/mol. The van der Waals surface area contributed by atoms with Gasteiger partial charge in [0, 0.05) is 25.6 Å². The summed E-state index contributed by atoms with van der Waals surface area (Å²) in [5, 5.41) is 6.83. The maximum Gasteiger partial charge on any atom is 0.408 e. The van der Waals surface area contributed by atoms with Gasteiger partial charge >= 0.3 is 12.1 Å². The number of aryl methyl sites for hydroxylation is 1. The lowest BCUT2D eigenvalue weighted by atomic mass is 9.84. The lowest BCUT2D eigenvalue weighted by Crippen LogP contribution is -2.49. The second kappa shape index (κ2) is 14.5. The normalized spacial score (nSPS) is 19.0. The number of hydrogen-bond donors (Lipinski definition) is 2. The maximum atomic E-state index is 13.7. The molecule has 2 fully saturated rings. The van der Waals surface area contributed by atoms with Crippen LogP contribution in [-0.4, -0.2) is 70.8 Å². The molecule has 3 N–H and O–H groups in total. The lowest BCUT2D eigenvalue weighted by Gasteiger charge is -2.33. The molecule has 4 rings (SSSR count). The third-order valence-electron chi connectivity index (χ3n) is 8.73. The third-order valence-corrected chi connectivity index (χ3v) is 8.73. The number of alkyl carbamates (subject to hydrolysis) is 1. The number of aromatic nitrogens is 2. The van der Waals surface area contributed by atoms with Gasteiger partial charge in [-0.1, -0.05) is 32.0 Å². The van der Waals surface area contributed by atoms with Gasteiger partial charge in [0.15, 0.2) is 5.82 Å². The van der Waals surface area contributed by atoms with Gasteiger partial charge in [-0.25, -0.2) is 4.79 Å². The molecule has 3 heterocycles. The zero-order chi connectivity index (χ0) is 32.9. The van der Waals surface area contributed by atoms with Crippen LogP contribution in [0.4, 0.5) is 10.8 Å². The number of amides is 3. The van der Waals surface area contributed by atoms with E-state index in [0.717, 1.165) is 43.7 Å². The van der Waals surface area contributed by atoms with Crippen LogP contribution in [0.15, 0.2) is 22.7 Å². The number of nitrogens with one attached hydrogen (secondary N) is 1. The van der Waals surface area contributed by atoms with Crippen LogP contribution in [0.2, 0.25) is 0 Å². The number of nitrogens with zero attached hydrogens (tertiary/aromatic N) is 4. The molecular formula is C33H50N6O6. The summed E-state index contributed by atoms with van der Waals surface area (Å²) in [7, 11) is 0. The Bertz CT molecular complexity index is 1330. The molecule has 3 amide bonds. The number of likely N-dealkylation sites (tertiary alicyclic amines) is 1. The largest absolute Gasteiger partial charge is 0.494 e. The van der Waals surface area contributed by atoms with Crippen molar-refractivity contribution in [3.8, 4) is 5.75 Å². The Morgan fingerprint density at radius 1 is 1.11 bits per heavy atom. The van der Waals surface area contributed by atoms with Gasteiger partial charge in [-0.2, -0.15) is 4.98 Å². The molecule has 2 aliphatic heterocycles. The molecule has 2 aliphatic rings. The molecule has 2 aromatic rings. The Labute approximate surface area is 266 Å². The SMILES string of the molecule is Cc1cc(OCC[C@@H](C)C2CCN(c3nc(C(C)C)no3)CC2)ccc1C(NC(=O)OC(C)(C)C)C(=O)N1CCC[C@H]1C(N)=O. The van der Waals surface area contributed by atoms with E-state index in [1.807, 2.05) is 19.1 Å². The summed E-state index contributed by atoms with van der Waals surface area (Å²) in [5.41, 5.74) is 6.22. The van der Waals surface area contributed by atoms with Crippen molar-refractivity contribution < 1.29 is 28.4 Å². The van der Waals surface area contributed by atoms with Crippen LogP contribution in [-0.2, 0) is 14.3 Å². The Morgan fingerprint density at radius 3 is 2.42 bits per heavy atom. The molecule has 45 heavy (non-hydrogen) atoms. The van der Waals surface area contributed by atoms with Gasteiger partial charge in [0.2, 0.25) is 5.91 Å². The van der Waals surface area contributed by atoms with Crippen molar-refractivity contribution >= 4 is 23.9 Å². The maximum absolute atomic E-state index is 13.7. The predicted octanol–water partition coefficient (Wildman–Crippen LogP) is 4.87. The van der Waals surface area contributed by atoms with Gasteiger partial charge in [-0.3, -0.25) is 9.59 Å². The monoisotopic (exact) mass is 626 g/mol. The molecule has 0 radical (unpaired) electrons. The lowest BCUT2D eigenvalue weighted by molar-refractivity contribution is -0.139. The van der Waals surface area contributed by atoms with E-state index in [1.165, 1.54) is 4.90 Å². The first-order chi connectivity index (χ1) is 21.2. The number of carbonyl (C=O) groups excluding carboxylic acids is 3. The van der Waals surface area contributed by atoms with Crippen molar-refractivity contribution in [1.29, 1.82) is 0 Å². The zero-order valence-electron chi connectivity index (χ0n) is 27.8. The van der Waals surface area contributed by atoms with Crippen molar-refractivity contribution in [3.63, 3.8) is 0 Å². The van der Waals surface area contributed by atoms with E-state index in [0.29, 0.717) is 55.2 Å². The summed E-state index contributed by atoms with van der Waals surface area (Å²) in [5.74, 6) is 1.80. The van der Waals surface area contributed by atoms with E-state index in [2.05, 4.69) is 41.1 Å². The number of primary amides is 1. The van der Waals surface area contributed by atoms with Crippen LogP contribution < -0.4 is 20.7 Å². The second-order valence-corrected chi connectivity index (χ2v) is 13.7. The topological polar surface area (TPSA) is 153 Å². The smallest absolute Gasteiger partial charge is 0.408 e. The van der Waals surface area contributed by atoms with Gasteiger partial charge in [0.1, 0.15) is 23.4 Å². The fraction of sp³-hybridized carbons (Fsp3) is 0.667. The summed E-state index contributed by atoms with van der Waals surface area (Å²) in [6.45, 7) is 16.3. The highest BCUT2D eigenvalue weighted by Crippen LogP contribution is 2.31. The van der Waals surface area contributed by atoms with Gasteiger partial charge < -0.3 is 34.8 Å². The Hall–Kier alpha value is -3.83. The number of nitrogens with two attached hydrogens (primary N) is 1. The minimum Gasteiger partial charge on any atom is -0.494 e. The molecule has 12 heteroatoms. The highest BCUT2D eigenvalue weighted by atomic mass is 16.6. The molecule has 0 spiro atoms. The van der Waals surface area contributed by atoms with Crippen molar-refractivity contribution in [3.05, 3.63) is 35.2 Å². The van der Waals surface area contributed by atoms with Crippen LogP contribution in [0.1, 0.15) is 103 Å².